The van der Waals surface area contributed by atoms with Gasteiger partial charge in [0.1, 0.15) is 0 Å². The minimum atomic E-state index is 0. The molecule has 2 heterocycles. The van der Waals surface area contributed by atoms with Crippen LogP contribution in [0.3, 0.4) is 0 Å². The van der Waals surface area contributed by atoms with Crippen molar-refractivity contribution in [1.29, 1.82) is 0 Å². The average molecular weight is 531 g/mol. The summed E-state index contributed by atoms with van der Waals surface area (Å²) < 4.78 is 0. The standard InChI is InChI=1S/2C12H11N.Ir/c2*1-10-6-5-9-13-12(10)11-7-3-2-4-8-11;/h2*2-9H,1H3;. The number of rotatable bonds is 2. The van der Waals surface area contributed by atoms with E-state index in [4.69, 9.17) is 0 Å². The fraction of sp³-hybridized carbons (Fsp3) is 0.0833. The van der Waals surface area contributed by atoms with E-state index < -0.39 is 0 Å². The van der Waals surface area contributed by atoms with Gasteiger partial charge in [0.2, 0.25) is 0 Å². The first-order chi connectivity index (χ1) is 12.8. The second-order valence-corrected chi connectivity index (χ2v) is 6.07. The summed E-state index contributed by atoms with van der Waals surface area (Å²) in [5.74, 6) is 0. The molecule has 0 saturated carbocycles. The summed E-state index contributed by atoms with van der Waals surface area (Å²) >= 11 is 0. The summed E-state index contributed by atoms with van der Waals surface area (Å²) in [6.45, 7) is 4.16. The Morgan fingerprint density at radius 3 is 1.19 bits per heavy atom. The Hall–Kier alpha value is -2.61. The molecule has 2 aromatic heterocycles. The van der Waals surface area contributed by atoms with E-state index in [1.54, 1.807) is 0 Å². The SMILES string of the molecule is Cc1cccnc1-c1ccccc1.Cc1cccnc1-c1ccccc1.[Ir]. The van der Waals surface area contributed by atoms with Gasteiger partial charge in [-0.05, 0) is 37.1 Å². The van der Waals surface area contributed by atoms with E-state index in [1.807, 2.05) is 60.9 Å². The maximum absolute atomic E-state index is 4.35. The zero-order chi connectivity index (χ0) is 18.2. The summed E-state index contributed by atoms with van der Waals surface area (Å²) in [6, 6.07) is 28.5. The molecular formula is C24H22IrN2. The minimum Gasteiger partial charge on any atom is -0.256 e. The molecule has 4 aromatic rings. The molecule has 2 aromatic carbocycles. The van der Waals surface area contributed by atoms with Crippen molar-refractivity contribution >= 4 is 0 Å². The Balaban J connectivity index is 0.000000187. The van der Waals surface area contributed by atoms with Crippen LogP contribution in [0.4, 0.5) is 0 Å². The third-order valence-electron chi connectivity index (χ3n) is 4.11. The van der Waals surface area contributed by atoms with Gasteiger partial charge in [-0.2, -0.15) is 0 Å². The molecule has 0 spiro atoms. The van der Waals surface area contributed by atoms with Gasteiger partial charge in [-0.3, -0.25) is 9.97 Å². The fourth-order valence-electron chi connectivity index (χ4n) is 2.77. The van der Waals surface area contributed by atoms with E-state index in [1.165, 1.54) is 22.3 Å². The van der Waals surface area contributed by atoms with Crippen LogP contribution in [-0.2, 0) is 20.1 Å². The summed E-state index contributed by atoms with van der Waals surface area (Å²) in [4.78, 5) is 8.70. The first-order valence-electron chi connectivity index (χ1n) is 8.70. The number of aromatic nitrogens is 2. The number of hydrogen-bond acceptors (Lipinski definition) is 2. The molecule has 0 aliphatic heterocycles. The van der Waals surface area contributed by atoms with Crippen LogP contribution < -0.4 is 0 Å². The summed E-state index contributed by atoms with van der Waals surface area (Å²) in [7, 11) is 0. The maximum Gasteiger partial charge on any atom is 0.0731 e. The Bertz CT molecular complexity index is 873. The van der Waals surface area contributed by atoms with Crippen LogP contribution in [0.2, 0.25) is 0 Å². The minimum absolute atomic E-state index is 0. The van der Waals surface area contributed by atoms with Crippen LogP contribution in [0.1, 0.15) is 11.1 Å². The molecule has 0 atom stereocenters. The molecule has 3 heteroatoms. The van der Waals surface area contributed by atoms with Crippen molar-refractivity contribution < 1.29 is 20.1 Å². The zero-order valence-corrected chi connectivity index (χ0v) is 17.9. The van der Waals surface area contributed by atoms with Crippen molar-refractivity contribution in [1.82, 2.24) is 9.97 Å². The quantitative estimate of drug-likeness (QED) is 0.313. The van der Waals surface area contributed by atoms with Gasteiger partial charge < -0.3 is 0 Å². The topological polar surface area (TPSA) is 25.8 Å². The number of benzene rings is 2. The number of nitrogens with zero attached hydrogens (tertiary/aromatic N) is 2. The smallest absolute Gasteiger partial charge is 0.0731 e. The van der Waals surface area contributed by atoms with Crippen molar-refractivity contribution in [2.45, 2.75) is 13.8 Å². The molecule has 0 unspecified atom stereocenters. The largest absolute Gasteiger partial charge is 0.256 e. The van der Waals surface area contributed by atoms with Gasteiger partial charge in [0.25, 0.3) is 0 Å². The molecule has 0 amide bonds. The van der Waals surface area contributed by atoms with Gasteiger partial charge in [0.15, 0.2) is 0 Å². The zero-order valence-electron chi connectivity index (χ0n) is 15.5. The predicted octanol–water partition coefficient (Wildman–Crippen LogP) is 6.11. The monoisotopic (exact) mass is 531 g/mol. The Morgan fingerprint density at radius 1 is 0.481 bits per heavy atom. The van der Waals surface area contributed by atoms with Gasteiger partial charge >= 0.3 is 0 Å². The van der Waals surface area contributed by atoms with Crippen LogP contribution in [0.5, 0.6) is 0 Å². The molecule has 4 rings (SSSR count). The third-order valence-corrected chi connectivity index (χ3v) is 4.11. The van der Waals surface area contributed by atoms with E-state index in [9.17, 15) is 0 Å². The van der Waals surface area contributed by atoms with Crippen molar-refractivity contribution in [3.05, 3.63) is 108 Å². The van der Waals surface area contributed by atoms with Gasteiger partial charge in [0.05, 0.1) is 11.4 Å². The molecule has 0 aliphatic rings. The Labute approximate surface area is 174 Å². The van der Waals surface area contributed by atoms with Crippen LogP contribution >= 0.6 is 0 Å². The van der Waals surface area contributed by atoms with Crippen LogP contribution in [0.25, 0.3) is 22.5 Å². The van der Waals surface area contributed by atoms with E-state index in [-0.39, 0.29) is 20.1 Å². The van der Waals surface area contributed by atoms with Crippen LogP contribution in [0.15, 0.2) is 97.3 Å². The normalized spacial score (nSPS) is 9.56. The molecule has 0 saturated heterocycles. The molecule has 2 nitrogen and oxygen atoms in total. The molecule has 27 heavy (non-hydrogen) atoms. The predicted molar refractivity (Wildman–Crippen MR) is 109 cm³/mol. The number of pyridine rings is 2. The second-order valence-electron chi connectivity index (χ2n) is 6.07. The van der Waals surface area contributed by atoms with Crippen LogP contribution in [0, 0.1) is 13.8 Å². The summed E-state index contributed by atoms with van der Waals surface area (Å²) in [6.07, 6.45) is 3.66. The molecule has 0 aliphatic carbocycles. The Morgan fingerprint density at radius 2 is 0.852 bits per heavy atom. The van der Waals surface area contributed by atoms with Gasteiger partial charge in [-0.1, -0.05) is 72.8 Å². The third kappa shape index (κ3) is 5.68. The van der Waals surface area contributed by atoms with Crippen molar-refractivity contribution in [2.24, 2.45) is 0 Å². The molecule has 0 bridgehead atoms. The van der Waals surface area contributed by atoms with Crippen molar-refractivity contribution in [2.75, 3.05) is 0 Å². The van der Waals surface area contributed by atoms with Crippen molar-refractivity contribution in [3.8, 4) is 22.5 Å². The molecule has 1 radical (unpaired) electrons. The second kappa shape index (κ2) is 10.5. The molecule has 0 fully saturated rings. The van der Waals surface area contributed by atoms with Gasteiger partial charge in [0, 0.05) is 43.6 Å². The summed E-state index contributed by atoms with van der Waals surface area (Å²) in [5, 5.41) is 0. The van der Waals surface area contributed by atoms with Gasteiger partial charge in [-0.15, -0.1) is 0 Å². The molecule has 0 N–H and O–H groups in total. The molecule has 137 valence electrons. The van der Waals surface area contributed by atoms with Crippen molar-refractivity contribution in [3.63, 3.8) is 0 Å². The number of aryl methyl sites for hydroxylation is 2. The average Bonchev–Trinajstić information content (AvgIpc) is 2.71. The summed E-state index contributed by atoms with van der Waals surface area (Å²) in [5.41, 5.74) is 6.94. The Kier molecular flexibility index (Phi) is 8.06. The van der Waals surface area contributed by atoms with E-state index in [2.05, 4.69) is 60.2 Å². The first kappa shape index (κ1) is 20.7. The van der Waals surface area contributed by atoms with E-state index in [0.29, 0.717) is 0 Å². The molecular weight excluding hydrogens is 508 g/mol. The van der Waals surface area contributed by atoms with E-state index in [0.717, 1.165) is 11.4 Å². The van der Waals surface area contributed by atoms with Gasteiger partial charge in [-0.25, -0.2) is 0 Å². The first-order valence-corrected chi connectivity index (χ1v) is 8.70. The van der Waals surface area contributed by atoms with E-state index >= 15 is 0 Å². The maximum atomic E-state index is 4.35. The fourth-order valence-corrected chi connectivity index (χ4v) is 2.77. The van der Waals surface area contributed by atoms with Crippen LogP contribution in [-0.4, -0.2) is 9.97 Å². The number of hydrogen-bond donors (Lipinski definition) is 0.